The molecule has 114 valence electrons. The van der Waals surface area contributed by atoms with Crippen molar-refractivity contribution in [3.63, 3.8) is 0 Å². The third kappa shape index (κ3) is 5.23. The van der Waals surface area contributed by atoms with Crippen LogP contribution >= 0.6 is 0 Å². The van der Waals surface area contributed by atoms with Gasteiger partial charge in [-0.2, -0.15) is 0 Å². The number of benzene rings is 1. The van der Waals surface area contributed by atoms with Gasteiger partial charge < -0.3 is 4.90 Å². The van der Waals surface area contributed by atoms with Gasteiger partial charge in [0.15, 0.2) is 0 Å². The molecule has 1 aromatic rings. The van der Waals surface area contributed by atoms with E-state index in [1.54, 1.807) is 0 Å². The van der Waals surface area contributed by atoms with E-state index in [0.29, 0.717) is 0 Å². The summed E-state index contributed by atoms with van der Waals surface area (Å²) in [4.78, 5) is 18.2. The summed E-state index contributed by atoms with van der Waals surface area (Å²) < 4.78 is 0. The Balaban J connectivity index is 2.90. The predicted molar refractivity (Wildman–Crippen MR) is 86.9 cm³/mol. The van der Waals surface area contributed by atoms with Gasteiger partial charge in [0.2, 0.25) is 0 Å². The van der Waals surface area contributed by atoms with Gasteiger partial charge in [-0.15, -0.1) is 0 Å². The fraction of sp³-hybridized carbons (Fsp3) is 0.556. The Labute approximate surface area is 128 Å². The van der Waals surface area contributed by atoms with E-state index in [-0.39, 0.29) is 5.91 Å². The number of hydrogen-bond acceptors (Lipinski definition) is 1. The van der Waals surface area contributed by atoms with Gasteiger partial charge in [-0.05, 0) is 25.8 Å². The van der Waals surface area contributed by atoms with Crippen molar-refractivity contribution >= 4 is 5.91 Å². The molecule has 0 heterocycles. The SMILES string of the molecule is [C-]#[N+]C(C(=O)N(CCCC)CCCC)c1cccc(C)c1. The van der Waals surface area contributed by atoms with Gasteiger partial charge in [-0.25, -0.2) is 6.57 Å². The largest absolute Gasteiger partial charge is 0.336 e. The first-order valence-electron chi connectivity index (χ1n) is 7.85. The molecule has 0 bridgehead atoms. The van der Waals surface area contributed by atoms with E-state index in [1.165, 1.54) is 0 Å². The van der Waals surface area contributed by atoms with Crippen LogP contribution in [0.25, 0.3) is 4.85 Å². The normalized spacial score (nSPS) is 11.7. The van der Waals surface area contributed by atoms with Crippen molar-refractivity contribution in [2.45, 2.75) is 52.5 Å². The monoisotopic (exact) mass is 286 g/mol. The Hall–Kier alpha value is -1.82. The molecule has 21 heavy (non-hydrogen) atoms. The number of nitrogens with zero attached hydrogens (tertiary/aromatic N) is 2. The van der Waals surface area contributed by atoms with Gasteiger partial charge in [0.1, 0.15) is 0 Å². The second-order valence-corrected chi connectivity index (χ2v) is 5.48. The van der Waals surface area contributed by atoms with E-state index >= 15 is 0 Å². The van der Waals surface area contributed by atoms with Crippen molar-refractivity contribution in [2.75, 3.05) is 13.1 Å². The van der Waals surface area contributed by atoms with Gasteiger partial charge in [0.05, 0.1) is 0 Å². The van der Waals surface area contributed by atoms with E-state index in [9.17, 15) is 4.79 Å². The Bertz CT molecular complexity index is 482. The lowest BCUT2D eigenvalue weighted by Crippen LogP contribution is -2.36. The summed E-state index contributed by atoms with van der Waals surface area (Å²) in [5.74, 6) is -0.0440. The molecule has 0 aliphatic rings. The number of amides is 1. The van der Waals surface area contributed by atoms with Crippen LogP contribution in [0.3, 0.4) is 0 Å². The lowest BCUT2D eigenvalue weighted by molar-refractivity contribution is -0.132. The minimum Gasteiger partial charge on any atom is -0.336 e. The molecule has 1 amide bonds. The second-order valence-electron chi connectivity index (χ2n) is 5.48. The average molecular weight is 286 g/mol. The van der Waals surface area contributed by atoms with Crippen LogP contribution in [0.1, 0.15) is 56.7 Å². The number of carbonyl (C=O) groups is 1. The summed E-state index contributed by atoms with van der Waals surface area (Å²) in [5, 5.41) is 0. The van der Waals surface area contributed by atoms with Crippen molar-refractivity contribution in [3.8, 4) is 0 Å². The third-order valence-corrected chi connectivity index (χ3v) is 3.60. The zero-order valence-electron chi connectivity index (χ0n) is 13.4. The Morgan fingerprint density at radius 3 is 2.33 bits per heavy atom. The summed E-state index contributed by atoms with van der Waals surface area (Å²) in [5.41, 5.74) is 1.90. The molecule has 0 fully saturated rings. The molecule has 0 aliphatic carbocycles. The van der Waals surface area contributed by atoms with Crippen LogP contribution in [0.15, 0.2) is 24.3 Å². The number of unbranched alkanes of at least 4 members (excludes halogenated alkanes) is 2. The number of hydrogen-bond donors (Lipinski definition) is 0. The molecule has 0 saturated heterocycles. The first kappa shape index (κ1) is 17.2. The maximum atomic E-state index is 12.7. The molecule has 1 unspecified atom stereocenters. The number of carbonyl (C=O) groups excluding carboxylic acids is 1. The van der Waals surface area contributed by atoms with Crippen LogP contribution in [0, 0.1) is 13.5 Å². The van der Waals surface area contributed by atoms with Crippen LogP contribution < -0.4 is 0 Å². The van der Waals surface area contributed by atoms with E-state index in [4.69, 9.17) is 6.57 Å². The van der Waals surface area contributed by atoms with Crippen LogP contribution in [-0.4, -0.2) is 23.9 Å². The van der Waals surface area contributed by atoms with Crippen molar-refractivity contribution < 1.29 is 4.79 Å². The molecule has 0 radical (unpaired) electrons. The fourth-order valence-corrected chi connectivity index (χ4v) is 2.32. The molecule has 1 atom stereocenters. The molecular formula is C18H26N2O. The molecule has 0 saturated carbocycles. The smallest absolute Gasteiger partial charge is 0.325 e. The van der Waals surface area contributed by atoms with E-state index in [1.807, 2.05) is 36.1 Å². The maximum Gasteiger partial charge on any atom is 0.325 e. The number of aryl methyl sites for hydroxylation is 1. The summed E-state index contributed by atoms with van der Waals surface area (Å²) >= 11 is 0. The molecule has 0 spiro atoms. The highest BCUT2D eigenvalue weighted by Crippen LogP contribution is 2.22. The molecule has 0 aliphatic heterocycles. The highest BCUT2D eigenvalue weighted by atomic mass is 16.2. The first-order chi connectivity index (χ1) is 10.1. The van der Waals surface area contributed by atoms with Crippen molar-refractivity contribution in [2.24, 2.45) is 0 Å². The summed E-state index contributed by atoms with van der Waals surface area (Å²) in [6.45, 7) is 15.2. The molecule has 3 heteroatoms. The van der Waals surface area contributed by atoms with Gasteiger partial charge in [0, 0.05) is 18.7 Å². The summed E-state index contributed by atoms with van der Waals surface area (Å²) in [6, 6.07) is 7.03. The van der Waals surface area contributed by atoms with E-state index in [2.05, 4.69) is 18.7 Å². The molecule has 3 nitrogen and oxygen atoms in total. The van der Waals surface area contributed by atoms with Gasteiger partial charge in [0.25, 0.3) is 0 Å². The second kappa shape index (κ2) is 9.18. The topological polar surface area (TPSA) is 24.7 Å². The standard InChI is InChI=1S/C18H26N2O/c1-5-7-12-20(13-8-6-2)18(21)17(19-4)16-11-9-10-15(3)14-16/h9-11,14,17H,5-8,12-13H2,1-3H3. The Morgan fingerprint density at radius 2 is 1.86 bits per heavy atom. The quantitative estimate of drug-likeness (QED) is 0.651. The Kier molecular flexibility index (Phi) is 7.53. The van der Waals surface area contributed by atoms with E-state index < -0.39 is 6.04 Å². The van der Waals surface area contributed by atoms with Crippen LogP contribution in [-0.2, 0) is 4.79 Å². The average Bonchev–Trinajstić information content (AvgIpc) is 2.48. The minimum atomic E-state index is -0.696. The minimum absolute atomic E-state index is 0.0440. The van der Waals surface area contributed by atoms with Crippen molar-refractivity contribution in [1.29, 1.82) is 0 Å². The lowest BCUT2D eigenvalue weighted by atomic mass is 10.0. The fourth-order valence-electron chi connectivity index (χ4n) is 2.32. The zero-order valence-corrected chi connectivity index (χ0v) is 13.4. The number of rotatable bonds is 8. The molecule has 1 aromatic carbocycles. The van der Waals surface area contributed by atoms with Gasteiger partial charge in [-0.1, -0.05) is 50.5 Å². The van der Waals surface area contributed by atoms with Crippen molar-refractivity contribution in [3.05, 3.63) is 46.8 Å². The van der Waals surface area contributed by atoms with Crippen LogP contribution in [0.4, 0.5) is 0 Å². The van der Waals surface area contributed by atoms with Crippen LogP contribution in [0.2, 0.25) is 0 Å². The summed E-state index contributed by atoms with van der Waals surface area (Å²) in [6.07, 6.45) is 4.11. The Morgan fingerprint density at radius 1 is 1.24 bits per heavy atom. The molecule has 0 aromatic heterocycles. The maximum absolute atomic E-state index is 12.7. The predicted octanol–water partition coefficient (Wildman–Crippen LogP) is 4.38. The first-order valence-corrected chi connectivity index (χ1v) is 7.85. The van der Waals surface area contributed by atoms with Gasteiger partial charge in [-0.3, -0.25) is 9.64 Å². The highest BCUT2D eigenvalue weighted by molar-refractivity contribution is 5.85. The van der Waals surface area contributed by atoms with Crippen molar-refractivity contribution in [1.82, 2.24) is 4.90 Å². The highest BCUT2D eigenvalue weighted by Gasteiger charge is 2.30. The van der Waals surface area contributed by atoms with Gasteiger partial charge >= 0.3 is 11.9 Å². The van der Waals surface area contributed by atoms with E-state index in [0.717, 1.165) is 49.9 Å². The molecule has 0 N–H and O–H groups in total. The molecular weight excluding hydrogens is 260 g/mol. The third-order valence-electron chi connectivity index (χ3n) is 3.60. The molecule has 1 rings (SSSR count). The lowest BCUT2D eigenvalue weighted by Gasteiger charge is -2.23. The van der Waals surface area contributed by atoms with Crippen LogP contribution in [0.5, 0.6) is 0 Å². The summed E-state index contributed by atoms with van der Waals surface area (Å²) in [7, 11) is 0. The zero-order chi connectivity index (χ0) is 15.7.